The molecule has 0 fully saturated rings. The minimum Gasteiger partial charge on any atom is -0.352 e. The van der Waals surface area contributed by atoms with E-state index in [9.17, 15) is 9.59 Å². The largest absolute Gasteiger partial charge is 0.352 e. The Balaban J connectivity index is 2.13. The highest BCUT2D eigenvalue weighted by atomic mass is 35.5. The third-order valence-electron chi connectivity index (χ3n) is 5.13. The predicted molar refractivity (Wildman–Crippen MR) is 137 cm³/mol. The van der Waals surface area contributed by atoms with E-state index in [0.29, 0.717) is 33.8 Å². The molecule has 32 heavy (non-hydrogen) atoms. The van der Waals surface area contributed by atoms with Gasteiger partial charge in [-0.25, -0.2) is 0 Å². The molecule has 2 aromatic rings. The molecule has 0 spiro atoms. The zero-order valence-electron chi connectivity index (χ0n) is 18.5. The molecule has 0 heterocycles. The molecule has 2 amide bonds. The number of amides is 2. The van der Waals surface area contributed by atoms with Gasteiger partial charge in [0.25, 0.3) is 0 Å². The fourth-order valence-corrected chi connectivity index (χ4v) is 4.42. The smallest absolute Gasteiger partial charge is 0.243 e. The van der Waals surface area contributed by atoms with E-state index in [4.69, 9.17) is 34.8 Å². The van der Waals surface area contributed by atoms with Crippen molar-refractivity contribution < 1.29 is 9.59 Å². The fourth-order valence-electron chi connectivity index (χ4n) is 3.12. The van der Waals surface area contributed by atoms with E-state index in [1.165, 1.54) is 11.8 Å². The molecule has 2 rings (SSSR count). The minimum absolute atomic E-state index is 0.0491. The average Bonchev–Trinajstić information content (AvgIpc) is 2.77. The molecule has 8 heteroatoms. The molecule has 0 saturated heterocycles. The summed E-state index contributed by atoms with van der Waals surface area (Å²) in [4.78, 5) is 27.8. The molecule has 0 aromatic heterocycles. The molecule has 0 aliphatic rings. The summed E-state index contributed by atoms with van der Waals surface area (Å²) < 4.78 is 0. The summed E-state index contributed by atoms with van der Waals surface area (Å²) in [6.07, 6.45) is 1.35. The molecule has 2 atom stereocenters. The van der Waals surface area contributed by atoms with E-state index in [-0.39, 0.29) is 23.6 Å². The Morgan fingerprint density at radius 3 is 2.22 bits per heavy atom. The first-order chi connectivity index (χ1) is 15.2. The summed E-state index contributed by atoms with van der Waals surface area (Å²) >= 11 is 19.5. The lowest BCUT2D eigenvalue weighted by molar-refractivity contribution is -0.139. The summed E-state index contributed by atoms with van der Waals surface area (Å²) in [5.41, 5.74) is 1.91. The van der Waals surface area contributed by atoms with E-state index in [1.807, 2.05) is 39.0 Å². The molecule has 4 nitrogen and oxygen atoms in total. The van der Waals surface area contributed by atoms with Crippen molar-refractivity contribution in [1.82, 2.24) is 10.2 Å². The number of halogens is 3. The van der Waals surface area contributed by atoms with Gasteiger partial charge in [0.05, 0.1) is 15.8 Å². The van der Waals surface area contributed by atoms with Gasteiger partial charge in [-0.1, -0.05) is 66.8 Å². The van der Waals surface area contributed by atoms with Crippen LogP contribution >= 0.6 is 46.6 Å². The third-order valence-corrected chi connectivity index (χ3v) is 7.11. The van der Waals surface area contributed by atoms with Gasteiger partial charge in [0, 0.05) is 23.4 Å². The first-order valence-corrected chi connectivity index (χ1v) is 12.9. The van der Waals surface area contributed by atoms with Crippen molar-refractivity contribution in [1.29, 1.82) is 0 Å². The van der Waals surface area contributed by atoms with Crippen molar-refractivity contribution in [3.8, 4) is 0 Å². The summed E-state index contributed by atoms with van der Waals surface area (Å²) in [7, 11) is 0. The van der Waals surface area contributed by atoms with E-state index < -0.39 is 6.04 Å². The van der Waals surface area contributed by atoms with Crippen molar-refractivity contribution >= 4 is 58.4 Å². The zero-order chi connectivity index (χ0) is 23.7. The maximum absolute atomic E-state index is 13.2. The average molecular weight is 516 g/mol. The van der Waals surface area contributed by atoms with Crippen LogP contribution in [0.25, 0.3) is 0 Å². The number of hydrogen-bond acceptors (Lipinski definition) is 3. The van der Waals surface area contributed by atoms with Crippen LogP contribution in [-0.4, -0.2) is 34.6 Å². The lowest BCUT2D eigenvalue weighted by Gasteiger charge is -2.31. The second-order valence-corrected chi connectivity index (χ2v) is 9.87. The van der Waals surface area contributed by atoms with Crippen molar-refractivity contribution in [2.75, 3.05) is 5.75 Å². The number of benzene rings is 2. The highest BCUT2D eigenvalue weighted by Crippen LogP contribution is 2.25. The van der Waals surface area contributed by atoms with Crippen LogP contribution in [-0.2, 0) is 21.9 Å². The number of nitrogens with one attached hydrogen (secondary N) is 1. The Labute approximate surface area is 210 Å². The molecule has 0 unspecified atom stereocenters. The minimum atomic E-state index is -0.544. The molecule has 0 radical (unpaired) electrons. The van der Waals surface area contributed by atoms with E-state index in [2.05, 4.69) is 5.32 Å². The van der Waals surface area contributed by atoms with Crippen LogP contribution in [0.3, 0.4) is 0 Å². The van der Waals surface area contributed by atoms with Gasteiger partial charge < -0.3 is 10.2 Å². The SMILES string of the molecule is CC[C@H](C(=O)N[C@@H](C)CC)N(Cc1ccc(Cl)cc1)C(=O)CSCc1ccc(Cl)c(Cl)c1. The number of thioether (sulfide) groups is 1. The summed E-state index contributed by atoms with van der Waals surface area (Å²) in [6.45, 7) is 6.24. The second kappa shape index (κ2) is 13.3. The first kappa shape index (κ1) is 26.8. The molecule has 0 aliphatic carbocycles. The van der Waals surface area contributed by atoms with Gasteiger partial charge in [-0.3, -0.25) is 9.59 Å². The normalized spacial score (nSPS) is 12.8. The Bertz CT molecular complexity index is 909. The highest BCUT2D eigenvalue weighted by Gasteiger charge is 2.29. The molecule has 174 valence electrons. The molecule has 1 N–H and O–H groups in total. The highest BCUT2D eigenvalue weighted by molar-refractivity contribution is 7.99. The monoisotopic (exact) mass is 514 g/mol. The molecule has 0 saturated carbocycles. The number of nitrogens with zero attached hydrogens (tertiary/aromatic N) is 1. The standard InChI is InChI=1S/C24H29Cl3N2O2S/c1-4-16(3)28-24(31)22(5-2)29(13-17-6-9-19(25)10-7-17)23(30)15-32-14-18-8-11-20(26)21(27)12-18/h6-12,16,22H,4-5,13-15H2,1-3H3,(H,28,31)/t16-,22+/m0/s1. The van der Waals surface area contributed by atoms with Crippen LogP contribution < -0.4 is 5.32 Å². The first-order valence-electron chi connectivity index (χ1n) is 10.6. The molecular formula is C24H29Cl3N2O2S. The molecular weight excluding hydrogens is 487 g/mol. The summed E-state index contributed by atoms with van der Waals surface area (Å²) in [5.74, 6) is 0.656. The number of hydrogen-bond donors (Lipinski definition) is 1. The fraction of sp³-hybridized carbons (Fsp3) is 0.417. The Hall–Kier alpha value is -1.40. The number of rotatable bonds is 11. The maximum Gasteiger partial charge on any atom is 0.243 e. The summed E-state index contributed by atoms with van der Waals surface area (Å²) in [5, 5.41) is 4.64. The van der Waals surface area contributed by atoms with Gasteiger partial charge in [0.2, 0.25) is 11.8 Å². The summed E-state index contributed by atoms with van der Waals surface area (Å²) in [6, 6.07) is 12.3. The Morgan fingerprint density at radius 1 is 0.969 bits per heavy atom. The number of carbonyl (C=O) groups is 2. The second-order valence-electron chi connectivity index (χ2n) is 7.63. The van der Waals surface area contributed by atoms with E-state index in [0.717, 1.165) is 17.5 Å². The quantitative estimate of drug-likeness (QED) is 0.367. The van der Waals surface area contributed by atoms with Crippen molar-refractivity contribution in [3.05, 3.63) is 68.7 Å². The van der Waals surface area contributed by atoms with Gasteiger partial charge in [-0.15, -0.1) is 11.8 Å². The molecule has 0 bridgehead atoms. The Morgan fingerprint density at radius 2 is 1.62 bits per heavy atom. The van der Waals surface area contributed by atoms with Crippen LogP contribution in [0.2, 0.25) is 15.1 Å². The van der Waals surface area contributed by atoms with Crippen LogP contribution in [0.15, 0.2) is 42.5 Å². The maximum atomic E-state index is 13.2. The van der Waals surface area contributed by atoms with Gasteiger partial charge in [0.1, 0.15) is 6.04 Å². The number of carbonyl (C=O) groups excluding carboxylic acids is 2. The zero-order valence-corrected chi connectivity index (χ0v) is 21.6. The molecule has 0 aliphatic heterocycles. The van der Waals surface area contributed by atoms with E-state index in [1.54, 1.807) is 29.2 Å². The van der Waals surface area contributed by atoms with E-state index >= 15 is 0 Å². The van der Waals surface area contributed by atoms with Crippen molar-refractivity contribution in [2.24, 2.45) is 0 Å². The topological polar surface area (TPSA) is 49.4 Å². The molecule has 2 aromatic carbocycles. The van der Waals surface area contributed by atoms with Crippen molar-refractivity contribution in [3.63, 3.8) is 0 Å². The van der Waals surface area contributed by atoms with Crippen LogP contribution in [0.1, 0.15) is 44.7 Å². The van der Waals surface area contributed by atoms with Gasteiger partial charge in [-0.05, 0) is 55.2 Å². The van der Waals surface area contributed by atoms with Crippen LogP contribution in [0, 0.1) is 0 Å². The van der Waals surface area contributed by atoms with Crippen molar-refractivity contribution in [2.45, 2.75) is 58.0 Å². The predicted octanol–water partition coefficient (Wildman–Crippen LogP) is 6.60. The van der Waals surface area contributed by atoms with Gasteiger partial charge in [0.15, 0.2) is 0 Å². The van der Waals surface area contributed by atoms with Crippen LogP contribution in [0.4, 0.5) is 0 Å². The van der Waals surface area contributed by atoms with Gasteiger partial charge in [-0.2, -0.15) is 0 Å². The lowest BCUT2D eigenvalue weighted by atomic mass is 10.1. The Kier molecular flexibility index (Phi) is 11.2. The lowest BCUT2D eigenvalue weighted by Crippen LogP contribution is -2.51. The van der Waals surface area contributed by atoms with Gasteiger partial charge >= 0.3 is 0 Å². The third kappa shape index (κ3) is 8.18. The van der Waals surface area contributed by atoms with Crippen LogP contribution in [0.5, 0.6) is 0 Å².